The number of hydrogen-bond donors (Lipinski definition) is 3. The van der Waals surface area contributed by atoms with Gasteiger partial charge in [0.05, 0.1) is 13.2 Å². The Morgan fingerprint density at radius 3 is 1.51 bits per heavy atom. The second-order valence-electron chi connectivity index (χ2n) is 14.7. The first-order valence-electron chi connectivity index (χ1n) is 22.1. The number of allylic oxidation sites excluding steroid dienone is 8. The molecule has 0 radical (unpaired) electrons. The van der Waals surface area contributed by atoms with Crippen molar-refractivity contribution in [3.05, 3.63) is 48.6 Å². The van der Waals surface area contributed by atoms with Crippen LogP contribution in [0.3, 0.4) is 0 Å². The van der Waals surface area contributed by atoms with Crippen LogP contribution in [0.2, 0.25) is 0 Å². The molecular weight excluding hydrogens is 713 g/mol. The molecule has 10 heteroatoms. The van der Waals surface area contributed by atoms with Gasteiger partial charge in [0.25, 0.3) is 0 Å². The third-order valence-electron chi connectivity index (χ3n) is 9.26. The topological polar surface area (TPSA) is 131 Å². The Labute approximate surface area is 336 Å². The van der Waals surface area contributed by atoms with Crippen LogP contribution >= 0.6 is 7.82 Å². The smallest absolute Gasteiger partial charge is 0.463 e. The van der Waals surface area contributed by atoms with Gasteiger partial charge in [0, 0.05) is 19.4 Å². The maximum absolute atomic E-state index is 12.1. The summed E-state index contributed by atoms with van der Waals surface area (Å²) < 4.78 is 26.8. The number of phosphoric ester groups is 1. The molecule has 0 aromatic heterocycles. The molecular formula is C45H82NO8P. The molecule has 55 heavy (non-hydrogen) atoms. The summed E-state index contributed by atoms with van der Waals surface area (Å²) in [6.07, 6.45) is 47.6. The van der Waals surface area contributed by atoms with Gasteiger partial charge in [-0.05, 0) is 57.8 Å². The number of unbranched alkanes of at least 4 members (excludes halogenated alkanes) is 20. The van der Waals surface area contributed by atoms with Gasteiger partial charge in [-0.3, -0.25) is 18.6 Å². The maximum Gasteiger partial charge on any atom is 0.472 e. The lowest BCUT2D eigenvalue weighted by molar-refractivity contribution is -0.147. The lowest BCUT2D eigenvalue weighted by Crippen LogP contribution is -2.27. The molecule has 0 aromatic carbocycles. The highest BCUT2D eigenvalue weighted by Crippen LogP contribution is 2.42. The fourth-order valence-corrected chi connectivity index (χ4v) is 6.65. The fraction of sp³-hybridized carbons (Fsp3) is 0.778. The predicted octanol–water partition coefficient (Wildman–Crippen LogP) is 12.3. The molecule has 0 heterocycles. The lowest BCUT2D eigenvalue weighted by Gasteiger charge is -2.15. The summed E-state index contributed by atoms with van der Waals surface area (Å²) in [5.41, 5.74) is 0. The van der Waals surface area contributed by atoms with Gasteiger partial charge in [-0.25, -0.2) is 4.57 Å². The van der Waals surface area contributed by atoms with Gasteiger partial charge >= 0.3 is 13.8 Å². The summed E-state index contributed by atoms with van der Waals surface area (Å²) in [5.74, 6) is -0.527. The van der Waals surface area contributed by atoms with E-state index in [1.54, 1.807) is 0 Å². The van der Waals surface area contributed by atoms with Crippen molar-refractivity contribution < 1.29 is 37.9 Å². The number of hydrogen-bond acceptors (Lipinski definition) is 7. The average molecular weight is 796 g/mol. The molecule has 3 N–H and O–H groups in total. The van der Waals surface area contributed by atoms with E-state index in [0.29, 0.717) is 6.42 Å². The SMILES string of the molecule is CCCCC/C=C\C/C=C\C/C=C\C/C=C\CCCCCCCCCC(=O)NCCOP(=O)(O)OCC(O)COC(=O)CCCCCCCCCCCCC. The number of rotatable bonds is 41. The Balaban J connectivity index is 3.61. The Morgan fingerprint density at radius 2 is 0.982 bits per heavy atom. The normalized spacial score (nSPS) is 13.7. The first-order chi connectivity index (χ1) is 26.8. The van der Waals surface area contributed by atoms with Crippen LogP contribution in [0.25, 0.3) is 0 Å². The van der Waals surface area contributed by atoms with E-state index >= 15 is 0 Å². The van der Waals surface area contributed by atoms with Crippen LogP contribution in [-0.4, -0.2) is 54.3 Å². The summed E-state index contributed by atoms with van der Waals surface area (Å²) in [6.45, 7) is 3.50. The molecule has 0 bridgehead atoms. The van der Waals surface area contributed by atoms with E-state index in [4.69, 9.17) is 13.8 Å². The van der Waals surface area contributed by atoms with E-state index in [9.17, 15) is 24.2 Å². The monoisotopic (exact) mass is 796 g/mol. The minimum atomic E-state index is -4.42. The van der Waals surface area contributed by atoms with Crippen molar-refractivity contribution in [3.63, 3.8) is 0 Å². The van der Waals surface area contributed by atoms with Crippen LogP contribution in [0, 0.1) is 0 Å². The van der Waals surface area contributed by atoms with Crippen molar-refractivity contribution in [1.29, 1.82) is 0 Å². The van der Waals surface area contributed by atoms with Gasteiger partial charge < -0.3 is 20.1 Å². The third kappa shape index (κ3) is 42.9. The van der Waals surface area contributed by atoms with Gasteiger partial charge in [-0.2, -0.15) is 0 Å². The molecule has 0 saturated carbocycles. The molecule has 1 amide bonds. The van der Waals surface area contributed by atoms with Crippen molar-refractivity contribution in [1.82, 2.24) is 5.32 Å². The number of carbonyl (C=O) groups excluding carboxylic acids is 2. The number of amides is 1. The summed E-state index contributed by atoms with van der Waals surface area (Å²) in [5, 5.41) is 12.7. The molecule has 9 nitrogen and oxygen atoms in total. The number of nitrogens with one attached hydrogen (secondary N) is 1. The molecule has 0 rings (SSSR count). The van der Waals surface area contributed by atoms with E-state index in [-0.39, 0.29) is 32.1 Å². The van der Waals surface area contributed by atoms with E-state index in [0.717, 1.165) is 64.2 Å². The van der Waals surface area contributed by atoms with Crippen molar-refractivity contribution in [2.24, 2.45) is 0 Å². The first kappa shape index (κ1) is 53.0. The number of esters is 1. The van der Waals surface area contributed by atoms with E-state index in [2.05, 4.69) is 67.8 Å². The van der Waals surface area contributed by atoms with E-state index in [1.807, 2.05) is 0 Å². The van der Waals surface area contributed by atoms with Crippen molar-refractivity contribution in [2.75, 3.05) is 26.4 Å². The summed E-state index contributed by atoms with van der Waals surface area (Å²) >= 11 is 0. The Hall–Kier alpha value is -2.03. The lowest BCUT2D eigenvalue weighted by atomic mass is 10.1. The minimum absolute atomic E-state index is 0.0748. The molecule has 0 fully saturated rings. The number of aliphatic hydroxyl groups is 1. The molecule has 0 saturated heterocycles. The third-order valence-corrected chi connectivity index (χ3v) is 10.2. The zero-order valence-corrected chi connectivity index (χ0v) is 36.0. The van der Waals surface area contributed by atoms with Crippen LogP contribution in [0.15, 0.2) is 48.6 Å². The molecule has 0 aliphatic heterocycles. The van der Waals surface area contributed by atoms with Crippen LogP contribution < -0.4 is 5.32 Å². The van der Waals surface area contributed by atoms with Gasteiger partial charge in [0.15, 0.2) is 0 Å². The van der Waals surface area contributed by atoms with Crippen LogP contribution in [0.4, 0.5) is 0 Å². The molecule has 0 aromatic rings. The van der Waals surface area contributed by atoms with Gasteiger partial charge in [0.1, 0.15) is 12.7 Å². The number of aliphatic hydroxyl groups excluding tert-OH is 1. The van der Waals surface area contributed by atoms with Gasteiger partial charge in [0.2, 0.25) is 5.91 Å². The van der Waals surface area contributed by atoms with Crippen LogP contribution in [0.1, 0.15) is 194 Å². The molecule has 0 aliphatic rings. The fourth-order valence-electron chi connectivity index (χ4n) is 5.89. The highest BCUT2D eigenvalue weighted by atomic mass is 31.2. The first-order valence-corrected chi connectivity index (χ1v) is 23.6. The maximum atomic E-state index is 12.1. The molecule has 2 unspecified atom stereocenters. The quantitative estimate of drug-likeness (QED) is 0.0241. The molecule has 0 aliphatic carbocycles. The molecule has 320 valence electrons. The van der Waals surface area contributed by atoms with E-state index < -0.39 is 26.5 Å². The van der Waals surface area contributed by atoms with Crippen LogP contribution in [0.5, 0.6) is 0 Å². The highest BCUT2D eigenvalue weighted by molar-refractivity contribution is 7.47. The second kappa shape index (κ2) is 41.6. The second-order valence-corrected chi connectivity index (χ2v) is 16.1. The highest BCUT2D eigenvalue weighted by Gasteiger charge is 2.23. The Morgan fingerprint density at radius 1 is 0.564 bits per heavy atom. The zero-order chi connectivity index (χ0) is 40.3. The molecule has 0 spiro atoms. The number of carbonyl (C=O) groups is 2. The summed E-state index contributed by atoms with van der Waals surface area (Å²) in [6, 6.07) is 0. The standard InChI is InChI=1S/C45H82NO8P/c1-3-5-7-9-11-13-15-16-17-18-19-20-21-22-23-24-25-26-28-29-31-33-35-37-44(48)46-39-40-53-55(50,51)54-42-43(47)41-52-45(49)38-36-34-32-30-27-14-12-10-8-6-4-2/h11,13,16-17,19-20,22-23,43,47H,3-10,12,14-15,18,21,24-42H2,1-2H3,(H,46,48)(H,50,51)/b13-11-,17-16-,20-19-,23-22-. The van der Waals surface area contributed by atoms with Gasteiger partial charge in [-0.1, -0.05) is 172 Å². The average Bonchev–Trinajstić information content (AvgIpc) is 3.17. The number of phosphoric acid groups is 1. The largest absolute Gasteiger partial charge is 0.472 e. The summed E-state index contributed by atoms with van der Waals surface area (Å²) in [7, 11) is -4.42. The van der Waals surface area contributed by atoms with Crippen molar-refractivity contribution in [3.8, 4) is 0 Å². The Kier molecular flexibility index (Phi) is 40.1. The zero-order valence-electron chi connectivity index (χ0n) is 35.1. The Bertz CT molecular complexity index is 1040. The predicted molar refractivity (Wildman–Crippen MR) is 229 cm³/mol. The van der Waals surface area contributed by atoms with Crippen molar-refractivity contribution in [2.45, 2.75) is 200 Å². The van der Waals surface area contributed by atoms with Gasteiger partial charge in [-0.15, -0.1) is 0 Å². The van der Waals surface area contributed by atoms with Crippen LogP contribution in [-0.2, 0) is 27.9 Å². The van der Waals surface area contributed by atoms with E-state index in [1.165, 1.54) is 103 Å². The minimum Gasteiger partial charge on any atom is -0.463 e. The number of ether oxygens (including phenoxy) is 1. The summed E-state index contributed by atoms with van der Waals surface area (Å²) in [4.78, 5) is 33.9. The van der Waals surface area contributed by atoms with Crippen molar-refractivity contribution >= 4 is 19.7 Å². The molecule has 2 atom stereocenters.